The number of amides is 1. The van der Waals surface area contributed by atoms with Crippen LogP contribution in [-0.2, 0) is 11.8 Å². The van der Waals surface area contributed by atoms with E-state index in [-0.39, 0.29) is 17.6 Å². The molecule has 2 aromatic heterocycles. The van der Waals surface area contributed by atoms with Gasteiger partial charge in [-0.05, 0) is 47.7 Å². The quantitative estimate of drug-likeness (QED) is 0.391. The lowest BCUT2D eigenvalue weighted by molar-refractivity contribution is -0.118. The first kappa shape index (κ1) is 23.3. The molecule has 2 heterocycles. The summed E-state index contributed by atoms with van der Waals surface area (Å²) in [6.07, 6.45) is 5.39. The number of nitrogens with zero attached hydrogens (tertiary/aromatic N) is 3. The molecule has 0 aliphatic rings. The highest BCUT2D eigenvalue weighted by atomic mass is 19.1. The zero-order valence-electron chi connectivity index (χ0n) is 19.5. The molecule has 7 heteroatoms. The number of pyridine rings is 1. The maximum absolute atomic E-state index is 14.0. The first-order chi connectivity index (χ1) is 16.4. The molecule has 2 N–H and O–H groups in total. The van der Waals surface area contributed by atoms with Crippen LogP contribution in [-0.4, -0.2) is 27.2 Å². The van der Waals surface area contributed by atoms with Crippen LogP contribution in [0.5, 0.6) is 0 Å². The molecule has 0 spiro atoms. The van der Waals surface area contributed by atoms with Crippen LogP contribution in [0.2, 0.25) is 0 Å². The third kappa shape index (κ3) is 5.55. The molecule has 6 nitrogen and oxygen atoms in total. The highest BCUT2D eigenvalue weighted by Crippen LogP contribution is 2.22. The largest absolute Gasteiger partial charge is 0.309 e. The second-order valence-corrected chi connectivity index (χ2v) is 8.49. The van der Waals surface area contributed by atoms with Gasteiger partial charge in [-0.3, -0.25) is 9.48 Å². The second kappa shape index (κ2) is 10.4. The Kier molecular flexibility index (Phi) is 7.13. The van der Waals surface area contributed by atoms with E-state index in [2.05, 4.69) is 20.7 Å². The summed E-state index contributed by atoms with van der Waals surface area (Å²) >= 11 is 0. The van der Waals surface area contributed by atoms with E-state index in [0.29, 0.717) is 17.9 Å². The van der Waals surface area contributed by atoms with Gasteiger partial charge in [-0.1, -0.05) is 49.4 Å². The minimum Gasteiger partial charge on any atom is -0.309 e. The summed E-state index contributed by atoms with van der Waals surface area (Å²) in [5, 5.41) is 10.4. The van der Waals surface area contributed by atoms with Crippen LogP contribution in [0.1, 0.15) is 35.6 Å². The number of rotatable bonds is 8. The normalized spacial score (nSPS) is 12.8. The van der Waals surface area contributed by atoms with E-state index in [1.165, 1.54) is 0 Å². The monoisotopic (exact) mass is 457 g/mol. The molecular formula is C27H28FN5O. The number of aromatic nitrogens is 3. The van der Waals surface area contributed by atoms with Crippen molar-refractivity contribution in [3.05, 3.63) is 102 Å². The molecule has 0 radical (unpaired) electrons. The first-order valence-corrected chi connectivity index (χ1v) is 11.2. The number of anilines is 1. The van der Waals surface area contributed by atoms with Gasteiger partial charge in [0.25, 0.3) is 0 Å². The Labute approximate surface area is 198 Å². The molecule has 174 valence electrons. The molecule has 0 saturated carbocycles. The molecule has 1 amide bonds. The summed E-state index contributed by atoms with van der Waals surface area (Å²) in [5.74, 6) is 0.0534. The smallest absolute Gasteiger partial charge is 0.247 e. The van der Waals surface area contributed by atoms with Crippen LogP contribution in [0.15, 0.2) is 79.3 Å². The number of carbonyl (C=O) groups is 1. The Morgan fingerprint density at radius 2 is 1.82 bits per heavy atom. The van der Waals surface area contributed by atoms with Crippen LogP contribution >= 0.6 is 0 Å². The van der Waals surface area contributed by atoms with E-state index >= 15 is 0 Å². The van der Waals surface area contributed by atoms with E-state index in [1.807, 2.05) is 62.6 Å². The zero-order chi connectivity index (χ0) is 24.1. The fourth-order valence-corrected chi connectivity index (χ4v) is 3.74. The van der Waals surface area contributed by atoms with Crippen molar-refractivity contribution in [2.24, 2.45) is 7.05 Å². The summed E-state index contributed by atoms with van der Waals surface area (Å²) < 4.78 is 15.7. The fourth-order valence-electron chi connectivity index (χ4n) is 3.74. The van der Waals surface area contributed by atoms with Gasteiger partial charge in [-0.15, -0.1) is 0 Å². The van der Waals surface area contributed by atoms with Crippen LogP contribution in [0.4, 0.5) is 10.2 Å². The molecule has 0 aliphatic heterocycles. The van der Waals surface area contributed by atoms with Crippen molar-refractivity contribution in [2.75, 3.05) is 11.9 Å². The second-order valence-electron chi connectivity index (χ2n) is 8.49. The van der Waals surface area contributed by atoms with Gasteiger partial charge < -0.3 is 10.6 Å². The number of halogens is 1. The molecule has 4 rings (SSSR count). The van der Waals surface area contributed by atoms with E-state index in [4.69, 9.17) is 0 Å². The Morgan fingerprint density at radius 3 is 2.47 bits per heavy atom. The third-order valence-electron chi connectivity index (χ3n) is 5.84. The summed E-state index contributed by atoms with van der Waals surface area (Å²) in [4.78, 5) is 17.6. The van der Waals surface area contributed by atoms with Crippen LogP contribution in [0.25, 0.3) is 11.1 Å². The van der Waals surface area contributed by atoms with Crippen LogP contribution in [0.3, 0.4) is 0 Å². The lowest BCUT2D eigenvalue weighted by Crippen LogP contribution is -2.35. The number of hydrogen-bond acceptors (Lipinski definition) is 4. The van der Waals surface area contributed by atoms with Gasteiger partial charge in [0.05, 0.1) is 6.20 Å². The average Bonchev–Trinajstić information content (AvgIpc) is 3.28. The van der Waals surface area contributed by atoms with Gasteiger partial charge in [0.15, 0.2) is 0 Å². The number of benzene rings is 2. The number of carbonyl (C=O) groups excluding carboxylic acids is 1. The lowest BCUT2D eigenvalue weighted by atomic mass is 9.98. The maximum atomic E-state index is 14.0. The standard InChI is InChI=1S/C27H28FN5O/c1-18-9-10-21(13-24(18)28)19(2)14-30-26(20-7-5-4-6-8-20)27(34)32-25-12-11-22(15-29-25)23-16-31-33(3)17-23/h4-13,15-17,19,26,30H,14H2,1-3H3,(H,29,32,34)/t19?,26-/m1/s1. The van der Waals surface area contributed by atoms with Crippen molar-refractivity contribution in [2.45, 2.75) is 25.8 Å². The van der Waals surface area contributed by atoms with Gasteiger partial charge >= 0.3 is 0 Å². The van der Waals surface area contributed by atoms with Crippen LogP contribution < -0.4 is 10.6 Å². The lowest BCUT2D eigenvalue weighted by Gasteiger charge is -2.21. The molecule has 1 unspecified atom stereocenters. The predicted molar refractivity (Wildman–Crippen MR) is 132 cm³/mol. The van der Waals surface area contributed by atoms with Crippen molar-refractivity contribution >= 4 is 11.7 Å². The van der Waals surface area contributed by atoms with E-state index in [9.17, 15) is 9.18 Å². The summed E-state index contributed by atoms with van der Waals surface area (Å²) in [5.41, 5.74) is 4.22. The SMILES string of the molecule is Cc1ccc(C(C)CN[C@@H](C(=O)Nc2ccc(-c3cnn(C)c3)cn2)c2ccccc2)cc1F. The van der Waals surface area contributed by atoms with Gasteiger partial charge in [0, 0.05) is 37.1 Å². The Morgan fingerprint density at radius 1 is 1.03 bits per heavy atom. The number of aryl methyl sites for hydroxylation is 2. The molecule has 2 atom stereocenters. The molecule has 0 aliphatic carbocycles. The van der Waals surface area contributed by atoms with Gasteiger partial charge in [-0.25, -0.2) is 9.37 Å². The number of nitrogens with one attached hydrogen (secondary N) is 2. The predicted octanol–water partition coefficient (Wildman–Crippen LogP) is 5.00. The molecule has 0 saturated heterocycles. The Bertz CT molecular complexity index is 1250. The fraction of sp³-hybridized carbons (Fsp3) is 0.222. The summed E-state index contributed by atoms with van der Waals surface area (Å²) in [7, 11) is 1.86. The maximum Gasteiger partial charge on any atom is 0.247 e. The van der Waals surface area contributed by atoms with E-state index in [1.54, 1.807) is 42.2 Å². The number of hydrogen-bond donors (Lipinski definition) is 2. The average molecular weight is 458 g/mol. The van der Waals surface area contributed by atoms with Gasteiger partial charge in [0.1, 0.15) is 17.7 Å². The van der Waals surface area contributed by atoms with E-state index in [0.717, 1.165) is 22.3 Å². The molecule has 0 bridgehead atoms. The molecule has 34 heavy (non-hydrogen) atoms. The molecule has 0 fully saturated rings. The van der Waals surface area contributed by atoms with Crippen LogP contribution in [0, 0.1) is 12.7 Å². The van der Waals surface area contributed by atoms with Crippen molar-refractivity contribution in [1.29, 1.82) is 0 Å². The van der Waals surface area contributed by atoms with Gasteiger partial charge in [-0.2, -0.15) is 5.10 Å². The van der Waals surface area contributed by atoms with Crippen molar-refractivity contribution in [3.8, 4) is 11.1 Å². The highest BCUT2D eigenvalue weighted by molar-refractivity contribution is 5.95. The molecule has 4 aromatic rings. The van der Waals surface area contributed by atoms with Crippen molar-refractivity contribution in [3.63, 3.8) is 0 Å². The highest BCUT2D eigenvalue weighted by Gasteiger charge is 2.22. The topological polar surface area (TPSA) is 71.8 Å². The van der Waals surface area contributed by atoms with Crippen molar-refractivity contribution < 1.29 is 9.18 Å². The Hall–Kier alpha value is -3.84. The minimum absolute atomic E-state index is 0.0194. The first-order valence-electron chi connectivity index (χ1n) is 11.2. The van der Waals surface area contributed by atoms with Gasteiger partial charge in [0.2, 0.25) is 5.91 Å². The molecule has 2 aromatic carbocycles. The van der Waals surface area contributed by atoms with Crippen molar-refractivity contribution in [1.82, 2.24) is 20.1 Å². The molecular weight excluding hydrogens is 429 g/mol. The summed E-state index contributed by atoms with van der Waals surface area (Å²) in [6.45, 7) is 4.26. The van der Waals surface area contributed by atoms with E-state index < -0.39 is 6.04 Å². The summed E-state index contributed by atoms with van der Waals surface area (Å²) in [6, 6.07) is 17.9. The third-order valence-corrected chi connectivity index (χ3v) is 5.84. The Balaban J connectivity index is 1.47. The zero-order valence-corrected chi connectivity index (χ0v) is 19.5. The minimum atomic E-state index is -0.584.